The number of hydrogen-bond acceptors (Lipinski definition) is 1. The van der Waals surface area contributed by atoms with Crippen molar-refractivity contribution in [2.24, 2.45) is 0 Å². The number of nitrogens with zero attached hydrogens (tertiary/aromatic N) is 1. The van der Waals surface area contributed by atoms with Crippen LogP contribution in [0.15, 0.2) is 42.5 Å². The van der Waals surface area contributed by atoms with Crippen LogP contribution in [-0.4, -0.2) is 0 Å². The van der Waals surface area contributed by atoms with E-state index < -0.39 is 5.82 Å². The van der Waals surface area contributed by atoms with E-state index in [-0.39, 0.29) is 5.56 Å². The van der Waals surface area contributed by atoms with Gasteiger partial charge in [-0.25, -0.2) is 4.39 Å². The second-order valence-electron chi connectivity index (χ2n) is 5.46. The summed E-state index contributed by atoms with van der Waals surface area (Å²) in [5.41, 5.74) is 3.02. The van der Waals surface area contributed by atoms with E-state index in [4.69, 9.17) is 5.26 Å². The van der Waals surface area contributed by atoms with E-state index >= 15 is 0 Å². The van der Waals surface area contributed by atoms with Gasteiger partial charge >= 0.3 is 0 Å². The van der Waals surface area contributed by atoms with Crippen LogP contribution in [0.1, 0.15) is 48.4 Å². The molecule has 2 aromatic carbocycles. The Morgan fingerprint density at radius 3 is 2.29 bits per heavy atom. The maximum absolute atomic E-state index is 13.8. The summed E-state index contributed by atoms with van der Waals surface area (Å²) in [5, 5.41) is 8.39. The zero-order valence-corrected chi connectivity index (χ0v) is 13.7. The quantitative estimate of drug-likeness (QED) is 0.585. The SMILES string of the molecule is CCCCCc1ccc(C#Cc2ccc(C#CC#N)c(F)c2)cc1. The highest BCUT2D eigenvalue weighted by molar-refractivity contribution is 5.47. The minimum absolute atomic E-state index is 0.207. The Labute approximate surface area is 143 Å². The summed E-state index contributed by atoms with van der Waals surface area (Å²) in [5.74, 6) is 10.2. The molecule has 0 saturated carbocycles. The first-order valence-corrected chi connectivity index (χ1v) is 8.03. The molecule has 0 fully saturated rings. The highest BCUT2D eigenvalue weighted by Crippen LogP contribution is 2.10. The lowest BCUT2D eigenvalue weighted by Gasteiger charge is -2.00. The van der Waals surface area contributed by atoms with Crippen LogP contribution in [0, 0.1) is 40.8 Å². The number of hydrogen-bond donors (Lipinski definition) is 0. The molecule has 2 heteroatoms. The molecular formula is C22H18FN. The lowest BCUT2D eigenvalue weighted by atomic mass is 10.1. The summed E-state index contributed by atoms with van der Waals surface area (Å²) in [6, 6.07) is 14.4. The summed E-state index contributed by atoms with van der Waals surface area (Å²) in [4.78, 5) is 0. The molecule has 0 radical (unpaired) electrons. The highest BCUT2D eigenvalue weighted by Gasteiger charge is 1.99. The first-order valence-electron chi connectivity index (χ1n) is 8.03. The Morgan fingerprint density at radius 2 is 1.62 bits per heavy atom. The molecule has 0 unspecified atom stereocenters. The van der Waals surface area contributed by atoms with Gasteiger partial charge in [-0.15, -0.1) is 0 Å². The topological polar surface area (TPSA) is 23.8 Å². The van der Waals surface area contributed by atoms with Crippen molar-refractivity contribution >= 4 is 0 Å². The van der Waals surface area contributed by atoms with Crippen LogP contribution in [0.3, 0.4) is 0 Å². The van der Waals surface area contributed by atoms with Crippen LogP contribution < -0.4 is 0 Å². The molecule has 0 saturated heterocycles. The molecule has 0 aliphatic carbocycles. The molecular weight excluding hydrogens is 297 g/mol. The van der Waals surface area contributed by atoms with E-state index in [0.717, 1.165) is 12.0 Å². The average Bonchev–Trinajstić information content (AvgIpc) is 2.60. The zero-order chi connectivity index (χ0) is 17.2. The molecule has 0 spiro atoms. The van der Waals surface area contributed by atoms with Gasteiger partial charge in [0.15, 0.2) is 6.07 Å². The molecule has 0 aliphatic rings. The van der Waals surface area contributed by atoms with Crippen molar-refractivity contribution in [1.82, 2.24) is 0 Å². The maximum Gasteiger partial charge on any atom is 0.152 e. The van der Waals surface area contributed by atoms with Gasteiger partial charge in [0.1, 0.15) is 5.82 Å². The van der Waals surface area contributed by atoms with Crippen LogP contribution in [0.25, 0.3) is 0 Å². The van der Waals surface area contributed by atoms with Crippen LogP contribution >= 0.6 is 0 Å². The van der Waals surface area contributed by atoms with E-state index in [1.165, 1.54) is 30.9 Å². The largest absolute Gasteiger partial charge is 0.206 e. The summed E-state index contributed by atoms with van der Waals surface area (Å²) in [6.07, 6.45) is 4.78. The minimum Gasteiger partial charge on any atom is -0.206 e. The molecule has 2 rings (SSSR count). The molecule has 0 atom stereocenters. The van der Waals surface area contributed by atoms with Crippen LogP contribution in [0.2, 0.25) is 0 Å². The average molecular weight is 315 g/mol. The Bertz CT molecular complexity index is 849. The van der Waals surface area contributed by atoms with Gasteiger partial charge in [0.05, 0.1) is 5.56 Å². The van der Waals surface area contributed by atoms with E-state index in [1.807, 2.05) is 12.1 Å². The number of rotatable bonds is 4. The van der Waals surface area contributed by atoms with Gasteiger partial charge in [0.2, 0.25) is 0 Å². The minimum atomic E-state index is -0.462. The second-order valence-corrected chi connectivity index (χ2v) is 5.46. The van der Waals surface area contributed by atoms with Crippen molar-refractivity contribution in [3.8, 4) is 29.8 Å². The van der Waals surface area contributed by atoms with Gasteiger partial charge in [-0.3, -0.25) is 0 Å². The van der Waals surface area contributed by atoms with Gasteiger partial charge in [-0.05, 0) is 54.7 Å². The van der Waals surface area contributed by atoms with Crippen molar-refractivity contribution < 1.29 is 4.39 Å². The normalized spacial score (nSPS) is 9.21. The molecule has 2 aromatic rings. The predicted molar refractivity (Wildman–Crippen MR) is 94.5 cm³/mol. The molecule has 0 heterocycles. The van der Waals surface area contributed by atoms with Crippen molar-refractivity contribution in [3.63, 3.8) is 0 Å². The molecule has 0 aliphatic heterocycles. The summed E-state index contributed by atoms with van der Waals surface area (Å²) in [6.45, 7) is 2.20. The Balaban J connectivity index is 2.07. The monoisotopic (exact) mass is 315 g/mol. The van der Waals surface area contributed by atoms with E-state index in [2.05, 4.69) is 42.7 Å². The number of aryl methyl sites for hydroxylation is 1. The molecule has 0 amide bonds. The number of unbranched alkanes of at least 4 members (excludes halogenated alkanes) is 2. The van der Waals surface area contributed by atoms with Crippen molar-refractivity contribution in [3.05, 3.63) is 70.5 Å². The number of halogens is 1. The van der Waals surface area contributed by atoms with Crippen LogP contribution in [0.4, 0.5) is 4.39 Å². The third-order valence-electron chi connectivity index (χ3n) is 3.60. The Hall–Kier alpha value is -3.02. The number of benzene rings is 2. The smallest absolute Gasteiger partial charge is 0.152 e. The predicted octanol–water partition coefficient (Wildman–Crippen LogP) is 4.83. The molecule has 24 heavy (non-hydrogen) atoms. The fourth-order valence-electron chi connectivity index (χ4n) is 2.27. The maximum atomic E-state index is 13.8. The standard InChI is InChI=1S/C22H18FN/c1-2-3-4-6-18-8-10-19(11-9-18)12-13-20-14-15-21(7-5-16-24)22(23)17-20/h8-11,14-15,17H,2-4,6H2,1H3. The third-order valence-corrected chi connectivity index (χ3v) is 3.60. The fraction of sp³-hybridized carbons (Fsp3) is 0.227. The lowest BCUT2D eigenvalue weighted by Crippen LogP contribution is -1.86. The van der Waals surface area contributed by atoms with Crippen LogP contribution in [-0.2, 0) is 6.42 Å². The van der Waals surface area contributed by atoms with Gasteiger partial charge in [-0.2, -0.15) is 5.26 Å². The van der Waals surface area contributed by atoms with Gasteiger partial charge in [-0.1, -0.05) is 43.7 Å². The van der Waals surface area contributed by atoms with Gasteiger partial charge in [0, 0.05) is 17.0 Å². The van der Waals surface area contributed by atoms with E-state index in [9.17, 15) is 4.39 Å². The zero-order valence-electron chi connectivity index (χ0n) is 13.7. The number of nitriles is 1. The summed E-state index contributed by atoms with van der Waals surface area (Å²) >= 11 is 0. The molecule has 1 nitrogen and oxygen atoms in total. The van der Waals surface area contributed by atoms with E-state index in [1.54, 1.807) is 18.2 Å². The van der Waals surface area contributed by atoms with Crippen molar-refractivity contribution in [1.29, 1.82) is 5.26 Å². The molecule has 0 bridgehead atoms. The highest BCUT2D eigenvalue weighted by atomic mass is 19.1. The Morgan fingerprint density at radius 1 is 0.917 bits per heavy atom. The first-order chi connectivity index (χ1) is 11.7. The molecule has 0 aromatic heterocycles. The van der Waals surface area contributed by atoms with E-state index in [0.29, 0.717) is 5.56 Å². The van der Waals surface area contributed by atoms with Crippen LogP contribution in [0.5, 0.6) is 0 Å². The van der Waals surface area contributed by atoms with Crippen molar-refractivity contribution in [2.45, 2.75) is 32.6 Å². The summed E-state index contributed by atoms with van der Waals surface area (Å²) in [7, 11) is 0. The van der Waals surface area contributed by atoms with Crippen molar-refractivity contribution in [2.75, 3.05) is 0 Å². The second kappa shape index (κ2) is 9.19. The van der Waals surface area contributed by atoms with Gasteiger partial charge in [0.25, 0.3) is 0 Å². The third kappa shape index (κ3) is 5.31. The summed E-state index contributed by atoms with van der Waals surface area (Å²) < 4.78 is 13.8. The molecule has 0 N–H and O–H groups in total. The first kappa shape index (κ1) is 17.3. The molecule has 118 valence electrons. The Kier molecular flexibility index (Phi) is 6.64. The van der Waals surface area contributed by atoms with Gasteiger partial charge < -0.3 is 0 Å². The lowest BCUT2D eigenvalue weighted by molar-refractivity contribution is 0.624. The fourth-order valence-corrected chi connectivity index (χ4v) is 2.27.